The molecule has 136 valence electrons. The molecule has 6 heteroatoms. The zero-order valence-corrected chi connectivity index (χ0v) is 15.7. The molecule has 0 aliphatic rings. The molecule has 3 aromatic carbocycles. The zero-order chi connectivity index (χ0) is 19.2. The molecule has 3 aromatic rings. The van der Waals surface area contributed by atoms with E-state index in [0.717, 1.165) is 5.56 Å². The average Bonchev–Trinajstić information content (AvgIpc) is 2.62. The first-order valence-corrected chi connectivity index (χ1v) is 8.96. The minimum atomic E-state index is -0.296. The molecule has 0 bridgehead atoms. The summed E-state index contributed by atoms with van der Waals surface area (Å²) in [7, 11) is 0. The van der Waals surface area contributed by atoms with E-state index in [0.29, 0.717) is 33.4 Å². The minimum absolute atomic E-state index is 0.119. The fourth-order valence-corrected chi connectivity index (χ4v) is 3.05. The van der Waals surface area contributed by atoms with Gasteiger partial charge in [-0.1, -0.05) is 53.5 Å². The SMILES string of the molecule is O=C(Cc1ccccc1)Nc1ccc(C(=O)Nc2cc(Cl)cc(Cl)c2)cc1. The van der Waals surface area contributed by atoms with Gasteiger partial charge in [-0.05, 0) is 48.0 Å². The van der Waals surface area contributed by atoms with Crippen molar-refractivity contribution in [3.05, 3.63) is 94.0 Å². The molecule has 0 fully saturated rings. The second kappa shape index (κ2) is 8.71. The average molecular weight is 399 g/mol. The molecule has 0 spiro atoms. The standard InChI is InChI=1S/C21H16Cl2N2O2/c22-16-11-17(23)13-19(12-16)25-21(27)15-6-8-18(9-7-15)24-20(26)10-14-4-2-1-3-5-14/h1-9,11-13H,10H2,(H,24,26)(H,25,27). The number of carbonyl (C=O) groups excluding carboxylic acids is 2. The maximum absolute atomic E-state index is 12.3. The summed E-state index contributed by atoms with van der Waals surface area (Å²) >= 11 is 11.9. The topological polar surface area (TPSA) is 58.2 Å². The second-order valence-corrected chi connectivity index (χ2v) is 6.77. The summed E-state index contributed by atoms with van der Waals surface area (Å²) in [5, 5.41) is 6.43. The number of benzene rings is 3. The summed E-state index contributed by atoms with van der Waals surface area (Å²) < 4.78 is 0. The number of carbonyl (C=O) groups is 2. The molecule has 3 rings (SSSR count). The predicted molar refractivity (Wildman–Crippen MR) is 110 cm³/mol. The van der Waals surface area contributed by atoms with Crippen molar-refractivity contribution < 1.29 is 9.59 Å². The molecular weight excluding hydrogens is 383 g/mol. The Kier molecular flexibility index (Phi) is 6.12. The fraction of sp³-hybridized carbons (Fsp3) is 0.0476. The van der Waals surface area contributed by atoms with Crippen LogP contribution in [0.2, 0.25) is 10.0 Å². The highest BCUT2D eigenvalue weighted by atomic mass is 35.5. The number of hydrogen-bond donors (Lipinski definition) is 2. The van der Waals surface area contributed by atoms with Crippen molar-refractivity contribution in [2.75, 3.05) is 10.6 Å². The number of anilines is 2. The number of halogens is 2. The highest BCUT2D eigenvalue weighted by molar-refractivity contribution is 6.35. The van der Waals surface area contributed by atoms with Gasteiger partial charge in [-0.15, -0.1) is 0 Å². The first-order valence-electron chi connectivity index (χ1n) is 8.21. The minimum Gasteiger partial charge on any atom is -0.326 e. The van der Waals surface area contributed by atoms with Gasteiger partial charge in [0.05, 0.1) is 6.42 Å². The lowest BCUT2D eigenvalue weighted by Crippen LogP contribution is -2.15. The zero-order valence-electron chi connectivity index (χ0n) is 14.2. The highest BCUT2D eigenvalue weighted by Crippen LogP contribution is 2.23. The third-order valence-corrected chi connectivity index (χ3v) is 4.20. The van der Waals surface area contributed by atoms with Crippen molar-refractivity contribution >= 4 is 46.4 Å². The Morgan fingerprint density at radius 3 is 2.00 bits per heavy atom. The Bertz CT molecular complexity index is 937. The summed E-state index contributed by atoms with van der Waals surface area (Å²) in [6.07, 6.45) is 0.290. The quantitative estimate of drug-likeness (QED) is 0.601. The van der Waals surface area contributed by atoms with Crippen LogP contribution in [0.3, 0.4) is 0 Å². The summed E-state index contributed by atoms with van der Waals surface area (Å²) in [4.78, 5) is 24.4. The van der Waals surface area contributed by atoms with Crippen molar-refractivity contribution in [3.8, 4) is 0 Å². The van der Waals surface area contributed by atoms with E-state index < -0.39 is 0 Å². The van der Waals surface area contributed by atoms with Crippen LogP contribution in [0, 0.1) is 0 Å². The normalized spacial score (nSPS) is 10.3. The Morgan fingerprint density at radius 2 is 1.37 bits per heavy atom. The van der Waals surface area contributed by atoms with Crippen LogP contribution >= 0.6 is 23.2 Å². The smallest absolute Gasteiger partial charge is 0.255 e. The van der Waals surface area contributed by atoms with Gasteiger partial charge < -0.3 is 10.6 Å². The van der Waals surface area contributed by atoms with E-state index in [9.17, 15) is 9.59 Å². The molecule has 0 saturated carbocycles. The molecule has 0 radical (unpaired) electrons. The van der Waals surface area contributed by atoms with Gasteiger partial charge >= 0.3 is 0 Å². The maximum atomic E-state index is 12.3. The molecule has 4 nitrogen and oxygen atoms in total. The van der Waals surface area contributed by atoms with Crippen LogP contribution in [0.15, 0.2) is 72.8 Å². The molecule has 0 heterocycles. The van der Waals surface area contributed by atoms with E-state index in [1.54, 1.807) is 42.5 Å². The van der Waals surface area contributed by atoms with Crippen molar-refractivity contribution in [2.45, 2.75) is 6.42 Å². The van der Waals surface area contributed by atoms with Crippen LogP contribution in [-0.2, 0) is 11.2 Å². The van der Waals surface area contributed by atoms with Crippen molar-refractivity contribution in [2.24, 2.45) is 0 Å². The molecule has 0 aliphatic heterocycles. The molecule has 0 aromatic heterocycles. The van der Waals surface area contributed by atoms with Gasteiger partial charge in [-0.2, -0.15) is 0 Å². The maximum Gasteiger partial charge on any atom is 0.255 e. The van der Waals surface area contributed by atoms with Crippen LogP contribution in [-0.4, -0.2) is 11.8 Å². The van der Waals surface area contributed by atoms with E-state index in [-0.39, 0.29) is 11.8 Å². The third kappa shape index (κ3) is 5.58. The number of rotatable bonds is 5. The van der Waals surface area contributed by atoms with Gasteiger partial charge in [0.2, 0.25) is 5.91 Å². The van der Waals surface area contributed by atoms with Gasteiger partial charge in [0, 0.05) is 27.0 Å². The summed E-state index contributed by atoms with van der Waals surface area (Å²) in [5.41, 5.74) is 2.52. The van der Waals surface area contributed by atoms with Crippen LogP contribution in [0.1, 0.15) is 15.9 Å². The number of hydrogen-bond acceptors (Lipinski definition) is 2. The number of amides is 2. The Morgan fingerprint density at radius 1 is 0.741 bits per heavy atom. The Labute approximate surface area is 167 Å². The predicted octanol–water partition coefficient (Wildman–Crippen LogP) is 5.43. The Balaban J connectivity index is 1.60. The summed E-state index contributed by atoms with van der Waals surface area (Å²) in [6.45, 7) is 0. The fourth-order valence-electron chi connectivity index (χ4n) is 2.52. The lowest BCUT2D eigenvalue weighted by molar-refractivity contribution is -0.115. The molecule has 0 saturated heterocycles. The van der Waals surface area contributed by atoms with E-state index in [1.165, 1.54) is 0 Å². The molecule has 0 unspecified atom stereocenters. The first-order chi connectivity index (χ1) is 13.0. The van der Waals surface area contributed by atoms with E-state index in [4.69, 9.17) is 23.2 Å². The first kappa shape index (κ1) is 19.0. The lowest BCUT2D eigenvalue weighted by atomic mass is 10.1. The van der Waals surface area contributed by atoms with Gasteiger partial charge in [-0.3, -0.25) is 9.59 Å². The van der Waals surface area contributed by atoms with Gasteiger partial charge in [0.15, 0.2) is 0 Å². The van der Waals surface area contributed by atoms with Gasteiger partial charge in [-0.25, -0.2) is 0 Å². The van der Waals surface area contributed by atoms with Crippen LogP contribution in [0.5, 0.6) is 0 Å². The van der Waals surface area contributed by atoms with E-state index in [2.05, 4.69) is 10.6 Å². The van der Waals surface area contributed by atoms with Crippen LogP contribution in [0.4, 0.5) is 11.4 Å². The molecule has 27 heavy (non-hydrogen) atoms. The third-order valence-electron chi connectivity index (χ3n) is 3.76. The lowest BCUT2D eigenvalue weighted by Gasteiger charge is -2.08. The number of nitrogens with one attached hydrogen (secondary N) is 2. The van der Waals surface area contributed by atoms with Gasteiger partial charge in [0.25, 0.3) is 5.91 Å². The molecule has 0 aliphatic carbocycles. The van der Waals surface area contributed by atoms with Crippen molar-refractivity contribution in [3.63, 3.8) is 0 Å². The van der Waals surface area contributed by atoms with E-state index >= 15 is 0 Å². The molecule has 2 amide bonds. The van der Waals surface area contributed by atoms with Crippen LogP contribution in [0.25, 0.3) is 0 Å². The molecular formula is C21H16Cl2N2O2. The second-order valence-electron chi connectivity index (χ2n) is 5.90. The highest BCUT2D eigenvalue weighted by Gasteiger charge is 2.09. The summed E-state index contributed by atoms with van der Waals surface area (Å²) in [5.74, 6) is -0.414. The van der Waals surface area contributed by atoms with Crippen molar-refractivity contribution in [1.82, 2.24) is 0 Å². The molecule has 0 atom stereocenters. The monoisotopic (exact) mass is 398 g/mol. The molecule has 2 N–H and O–H groups in total. The van der Waals surface area contributed by atoms with Gasteiger partial charge in [0.1, 0.15) is 0 Å². The largest absolute Gasteiger partial charge is 0.326 e. The van der Waals surface area contributed by atoms with Crippen LogP contribution < -0.4 is 10.6 Å². The summed E-state index contributed by atoms with van der Waals surface area (Å²) in [6, 6.07) is 20.9. The Hall–Kier alpha value is -2.82. The van der Waals surface area contributed by atoms with E-state index in [1.807, 2.05) is 30.3 Å². The van der Waals surface area contributed by atoms with Crippen molar-refractivity contribution in [1.29, 1.82) is 0 Å².